The Bertz CT molecular complexity index is 1930. The molecular formula is C40H29N3. The molecule has 0 amide bonds. The lowest BCUT2D eigenvalue weighted by atomic mass is 9.90. The van der Waals surface area contributed by atoms with Crippen LogP contribution in [0.4, 0.5) is 0 Å². The highest BCUT2D eigenvalue weighted by Crippen LogP contribution is 2.37. The Kier molecular flexibility index (Phi) is 7.12. The van der Waals surface area contributed by atoms with E-state index >= 15 is 0 Å². The van der Waals surface area contributed by atoms with Crippen molar-refractivity contribution < 1.29 is 0 Å². The average Bonchev–Trinajstić information content (AvgIpc) is 3.10. The molecule has 1 aromatic heterocycles. The fourth-order valence-electron chi connectivity index (χ4n) is 5.47. The van der Waals surface area contributed by atoms with E-state index < -0.39 is 0 Å². The second-order valence-electron chi connectivity index (χ2n) is 10.5. The molecule has 0 aliphatic carbocycles. The van der Waals surface area contributed by atoms with Crippen LogP contribution in [0.3, 0.4) is 0 Å². The molecule has 0 bridgehead atoms. The zero-order valence-electron chi connectivity index (χ0n) is 23.9. The van der Waals surface area contributed by atoms with Gasteiger partial charge in [-0.2, -0.15) is 0 Å². The van der Waals surface area contributed by atoms with Gasteiger partial charge in [0, 0.05) is 16.7 Å². The van der Waals surface area contributed by atoms with Crippen LogP contribution in [0.25, 0.3) is 67.5 Å². The molecule has 0 atom stereocenters. The first-order valence-corrected chi connectivity index (χ1v) is 14.5. The lowest BCUT2D eigenvalue weighted by Gasteiger charge is -2.16. The van der Waals surface area contributed by atoms with Crippen LogP contribution in [0.5, 0.6) is 0 Å². The van der Waals surface area contributed by atoms with E-state index in [0.29, 0.717) is 17.5 Å². The van der Waals surface area contributed by atoms with Crippen molar-refractivity contribution in [1.82, 2.24) is 15.0 Å². The van der Waals surface area contributed by atoms with Gasteiger partial charge in [0.2, 0.25) is 0 Å². The van der Waals surface area contributed by atoms with E-state index in [-0.39, 0.29) is 0 Å². The molecule has 0 aliphatic rings. The van der Waals surface area contributed by atoms with Crippen molar-refractivity contribution >= 4 is 0 Å². The molecule has 0 saturated carbocycles. The van der Waals surface area contributed by atoms with Gasteiger partial charge in [0.15, 0.2) is 17.5 Å². The smallest absolute Gasteiger partial charge is 0.164 e. The van der Waals surface area contributed by atoms with Gasteiger partial charge in [-0.3, -0.25) is 0 Å². The van der Waals surface area contributed by atoms with E-state index in [1.807, 2.05) is 48.5 Å². The van der Waals surface area contributed by atoms with E-state index in [9.17, 15) is 0 Å². The topological polar surface area (TPSA) is 38.7 Å². The second kappa shape index (κ2) is 11.7. The quantitative estimate of drug-likeness (QED) is 0.206. The van der Waals surface area contributed by atoms with Crippen molar-refractivity contribution in [3.05, 3.63) is 163 Å². The molecule has 0 unspecified atom stereocenters. The van der Waals surface area contributed by atoms with Crippen LogP contribution in [0.1, 0.15) is 5.56 Å². The predicted molar refractivity (Wildman–Crippen MR) is 177 cm³/mol. The van der Waals surface area contributed by atoms with Crippen LogP contribution in [0.15, 0.2) is 158 Å². The number of benzene rings is 6. The summed E-state index contributed by atoms with van der Waals surface area (Å²) in [6.45, 7) is 2.19. The number of nitrogens with zero attached hydrogens (tertiary/aromatic N) is 3. The fraction of sp³-hybridized carbons (Fsp3) is 0.0250. The summed E-state index contributed by atoms with van der Waals surface area (Å²) in [5.74, 6) is 1.94. The molecule has 3 heteroatoms. The molecule has 7 aromatic rings. The van der Waals surface area contributed by atoms with Crippen LogP contribution in [-0.4, -0.2) is 15.0 Å². The first-order chi connectivity index (χ1) is 21.2. The second-order valence-corrected chi connectivity index (χ2v) is 10.5. The summed E-state index contributed by atoms with van der Waals surface area (Å²) in [5, 5.41) is 0. The molecule has 43 heavy (non-hydrogen) atoms. The van der Waals surface area contributed by atoms with Gasteiger partial charge >= 0.3 is 0 Å². The van der Waals surface area contributed by atoms with Crippen molar-refractivity contribution in [3.63, 3.8) is 0 Å². The van der Waals surface area contributed by atoms with Crippen molar-refractivity contribution in [1.29, 1.82) is 0 Å². The highest BCUT2D eigenvalue weighted by molar-refractivity contribution is 5.84. The van der Waals surface area contributed by atoms with Gasteiger partial charge in [-0.15, -0.1) is 0 Å². The van der Waals surface area contributed by atoms with Gasteiger partial charge in [-0.25, -0.2) is 15.0 Å². The van der Waals surface area contributed by atoms with Crippen LogP contribution >= 0.6 is 0 Å². The van der Waals surface area contributed by atoms with E-state index in [4.69, 9.17) is 15.0 Å². The zero-order chi connectivity index (χ0) is 29.0. The molecule has 0 aliphatic heterocycles. The molecular weight excluding hydrogens is 522 g/mol. The molecule has 0 saturated heterocycles. The summed E-state index contributed by atoms with van der Waals surface area (Å²) in [4.78, 5) is 15.1. The van der Waals surface area contributed by atoms with Crippen molar-refractivity contribution in [2.24, 2.45) is 0 Å². The van der Waals surface area contributed by atoms with Crippen LogP contribution in [0.2, 0.25) is 0 Å². The van der Waals surface area contributed by atoms with Crippen molar-refractivity contribution in [2.75, 3.05) is 0 Å². The fourth-order valence-corrected chi connectivity index (χ4v) is 5.47. The number of hydrogen-bond donors (Lipinski definition) is 0. The lowest BCUT2D eigenvalue weighted by Crippen LogP contribution is -2.01. The summed E-state index contributed by atoms with van der Waals surface area (Å²) < 4.78 is 0. The van der Waals surface area contributed by atoms with Crippen molar-refractivity contribution in [2.45, 2.75) is 6.92 Å². The third kappa shape index (κ3) is 5.49. The maximum Gasteiger partial charge on any atom is 0.164 e. The number of aromatic nitrogens is 3. The minimum Gasteiger partial charge on any atom is -0.208 e. The third-order valence-corrected chi connectivity index (χ3v) is 7.75. The first-order valence-electron chi connectivity index (χ1n) is 14.5. The molecule has 0 fully saturated rings. The van der Waals surface area contributed by atoms with Gasteiger partial charge < -0.3 is 0 Å². The van der Waals surface area contributed by atoms with Gasteiger partial charge in [0.1, 0.15) is 0 Å². The van der Waals surface area contributed by atoms with Crippen molar-refractivity contribution in [3.8, 4) is 67.5 Å². The van der Waals surface area contributed by atoms with Gasteiger partial charge in [-0.1, -0.05) is 146 Å². The standard InChI is InChI=1S/C40H29N3/c1-28-36(31-16-8-3-9-17-31)26-35(27-37(28)32-18-10-4-11-19-32)40-42-38(33-20-12-5-13-21-33)41-39(43-40)34-24-22-30(23-25-34)29-14-6-2-7-15-29/h2-27H,1H3. The van der Waals surface area contributed by atoms with E-state index in [1.165, 1.54) is 11.1 Å². The molecule has 1 heterocycles. The monoisotopic (exact) mass is 551 g/mol. The molecule has 0 N–H and O–H groups in total. The molecule has 6 aromatic carbocycles. The van der Waals surface area contributed by atoms with Gasteiger partial charge in [-0.05, 0) is 58.0 Å². The third-order valence-electron chi connectivity index (χ3n) is 7.75. The highest BCUT2D eigenvalue weighted by Gasteiger charge is 2.17. The van der Waals surface area contributed by atoms with E-state index in [0.717, 1.165) is 44.5 Å². The SMILES string of the molecule is Cc1c(-c2ccccc2)cc(-c2nc(-c3ccccc3)nc(-c3ccc(-c4ccccc4)cc3)n2)cc1-c1ccccc1. The molecule has 0 spiro atoms. The Balaban J connectivity index is 1.42. The predicted octanol–water partition coefficient (Wildman–Crippen LogP) is 10.2. The maximum atomic E-state index is 5.08. The average molecular weight is 552 g/mol. The Morgan fingerprint density at radius 1 is 0.302 bits per heavy atom. The number of rotatable bonds is 6. The molecule has 7 rings (SSSR count). The highest BCUT2D eigenvalue weighted by atomic mass is 15.0. The largest absolute Gasteiger partial charge is 0.208 e. The summed E-state index contributed by atoms with van der Waals surface area (Å²) >= 11 is 0. The maximum absolute atomic E-state index is 5.08. The Hall–Kier alpha value is -5.67. The Morgan fingerprint density at radius 3 is 1.05 bits per heavy atom. The minimum absolute atomic E-state index is 0.644. The minimum atomic E-state index is 0.644. The van der Waals surface area contributed by atoms with Crippen LogP contribution in [0, 0.1) is 6.92 Å². The van der Waals surface area contributed by atoms with Crippen LogP contribution < -0.4 is 0 Å². The molecule has 204 valence electrons. The molecule has 0 radical (unpaired) electrons. The van der Waals surface area contributed by atoms with Gasteiger partial charge in [0.05, 0.1) is 0 Å². The van der Waals surface area contributed by atoms with Crippen LogP contribution in [-0.2, 0) is 0 Å². The van der Waals surface area contributed by atoms with E-state index in [1.54, 1.807) is 0 Å². The summed E-state index contributed by atoms with van der Waals surface area (Å²) in [7, 11) is 0. The molecule has 3 nitrogen and oxygen atoms in total. The summed E-state index contributed by atoms with van der Waals surface area (Å²) in [6, 6.07) is 54.4. The summed E-state index contributed by atoms with van der Waals surface area (Å²) in [5.41, 5.74) is 11.0. The number of hydrogen-bond acceptors (Lipinski definition) is 3. The van der Waals surface area contributed by atoms with E-state index in [2.05, 4.69) is 116 Å². The first kappa shape index (κ1) is 26.2. The Labute approximate surface area is 252 Å². The lowest BCUT2D eigenvalue weighted by molar-refractivity contribution is 1.07. The Morgan fingerprint density at radius 2 is 0.605 bits per heavy atom. The normalized spacial score (nSPS) is 10.9. The summed E-state index contributed by atoms with van der Waals surface area (Å²) in [6.07, 6.45) is 0. The zero-order valence-corrected chi connectivity index (χ0v) is 23.9. The van der Waals surface area contributed by atoms with Gasteiger partial charge in [0.25, 0.3) is 0 Å².